The number of aliphatic hydroxyl groups excluding tert-OH is 1. The van der Waals surface area contributed by atoms with E-state index in [0.29, 0.717) is 18.9 Å². The molecule has 7 heteroatoms. The molecule has 0 saturated carbocycles. The third-order valence-electron chi connectivity index (χ3n) is 2.94. The fourth-order valence-electron chi connectivity index (χ4n) is 1.78. The van der Waals surface area contributed by atoms with E-state index in [1.165, 1.54) is 0 Å². The molecule has 0 bridgehead atoms. The smallest absolute Gasteiger partial charge is 0.266 e. The highest BCUT2D eigenvalue weighted by atomic mass is 16.5. The number of nitrogens with two attached hydrogens (primary N) is 1. The average Bonchev–Trinajstić information content (AvgIpc) is 2.80. The molecule has 2 heterocycles. The van der Waals surface area contributed by atoms with Gasteiger partial charge in [0.05, 0.1) is 0 Å². The van der Waals surface area contributed by atoms with Crippen molar-refractivity contribution < 1.29 is 9.63 Å². The summed E-state index contributed by atoms with van der Waals surface area (Å²) < 4.78 is 5.04. The summed E-state index contributed by atoms with van der Waals surface area (Å²) in [6.07, 6.45) is -0.321. The van der Waals surface area contributed by atoms with Gasteiger partial charge in [-0.15, -0.1) is 0 Å². The van der Waals surface area contributed by atoms with Gasteiger partial charge in [0.1, 0.15) is 6.10 Å². The van der Waals surface area contributed by atoms with Crippen molar-refractivity contribution in [3.05, 3.63) is 5.89 Å². The first-order chi connectivity index (χ1) is 8.20. The minimum absolute atomic E-state index is 0.254. The number of aliphatic hydroxyl groups is 1. The molecule has 1 aliphatic rings. The molecule has 96 valence electrons. The molecule has 0 amide bonds. The zero-order chi connectivity index (χ0) is 12.3. The lowest BCUT2D eigenvalue weighted by Gasteiger charge is -2.31. The number of likely N-dealkylation sites (N-methyl/N-ethyl adjacent to an activating group) is 1. The van der Waals surface area contributed by atoms with Gasteiger partial charge in [0.2, 0.25) is 0 Å². The van der Waals surface area contributed by atoms with Crippen molar-refractivity contribution in [2.45, 2.75) is 12.5 Å². The van der Waals surface area contributed by atoms with Crippen LogP contribution in [0, 0.1) is 0 Å². The molecule has 1 aromatic rings. The van der Waals surface area contributed by atoms with Crippen LogP contribution < -0.4 is 10.6 Å². The minimum atomic E-state index is -0.756. The number of nitrogens with zero attached hydrogens (tertiary/aromatic N) is 4. The van der Waals surface area contributed by atoms with Gasteiger partial charge in [0.15, 0.2) is 0 Å². The predicted octanol–water partition coefficient (Wildman–Crippen LogP) is -0.796. The van der Waals surface area contributed by atoms with Gasteiger partial charge in [-0.1, -0.05) is 0 Å². The highest BCUT2D eigenvalue weighted by molar-refractivity contribution is 5.28. The summed E-state index contributed by atoms with van der Waals surface area (Å²) >= 11 is 0. The lowest BCUT2D eigenvalue weighted by atomic mass is 10.2. The number of aromatic nitrogens is 2. The average molecular weight is 241 g/mol. The van der Waals surface area contributed by atoms with Gasteiger partial charge < -0.3 is 25.2 Å². The van der Waals surface area contributed by atoms with Crippen LogP contribution in [-0.4, -0.2) is 59.9 Å². The highest BCUT2D eigenvalue weighted by Gasteiger charge is 2.21. The number of anilines is 1. The molecular weight excluding hydrogens is 222 g/mol. The Kier molecular flexibility index (Phi) is 3.93. The van der Waals surface area contributed by atoms with Gasteiger partial charge in [-0.05, 0) is 25.2 Å². The van der Waals surface area contributed by atoms with Crippen molar-refractivity contribution in [1.29, 1.82) is 0 Å². The van der Waals surface area contributed by atoms with Crippen molar-refractivity contribution in [2.24, 2.45) is 5.73 Å². The summed E-state index contributed by atoms with van der Waals surface area (Å²) in [6, 6.07) is 0. The topological polar surface area (TPSA) is 91.7 Å². The number of hydrogen-bond donors (Lipinski definition) is 2. The van der Waals surface area contributed by atoms with E-state index in [1.807, 2.05) is 0 Å². The number of hydrogen-bond acceptors (Lipinski definition) is 7. The Morgan fingerprint density at radius 3 is 2.76 bits per heavy atom. The summed E-state index contributed by atoms with van der Waals surface area (Å²) in [5.74, 6) is 0.813. The first-order valence-corrected chi connectivity index (χ1v) is 5.86. The maximum absolute atomic E-state index is 9.67. The summed E-state index contributed by atoms with van der Waals surface area (Å²) in [7, 11) is 2.09. The van der Waals surface area contributed by atoms with E-state index in [1.54, 1.807) is 0 Å². The Balaban J connectivity index is 1.98. The Morgan fingerprint density at radius 2 is 2.12 bits per heavy atom. The molecule has 0 aliphatic carbocycles. The van der Waals surface area contributed by atoms with Crippen LogP contribution in [0.2, 0.25) is 0 Å². The van der Waals surface area contributed by atoms with Crippen molar-refractivity contribution in [2.75, 3.05) is 44.7 Å². The zero-order valence-electron chi connectivity index (χ0n) is 10.0. The first-order valence-electron chi connectivity index (χ1n) is 5.86. The summed E-state index contributed by atoms with van der Waals surface area (Å²) in [4.78, 5) is 8.51. The Morgan fingerprint density at radius 1 is 1.41 bits per heavy atom. The van der Waals surface area contributed by atoms with Gasteiger partial charge in [-0.25, -0.2) is 0 Å². The maximum Gasteiger partial charge on any atom is 0.266 e. The van der Waals surface area contributed by atoms with Crippen molar-refractivity contribution in [3.8, 4) is 0 Å². The molecule has 0 spiro atoms. The minimum Gasteiger partial charge on any atom is -0.383 e. The number of piperazine rings is 1. The van der Waals surface area contributed by atoms with Gasteiger partial charge in [-0.2, -0.15) is 4.98 Å². The molecule has 17 heavy (non-hydrogen) atoms. The Labute approximate surface area is 100 Å². The fourth-order valence-corrected chi connectivity index (χ4v) is 1.78. The molecule has 1 unspecified atom stereocenters. The summed E-state index contributed by atoms with van der Waals surface area (Å²) in [5.41, 5.74) is 5.37. The first kappa shape index (κ1) is 12.3. The normalized spacial score (nSPS) is 19.6. The van der Waals surface area contributed by atoms with Crippen LogP contribution in [-0.2, 0) is 0 Å². The molecule has 7 nitrogen and oxygen atoms in total. The number of rotatable bonds is 4. The van der Waals surface area contributed by atoms with Crippen LogP contribution in [0.5, 0.6) is 0 Å². The molecule has 3 N–H and O–H groups in total. The van der Waals surface area contributed by atoms with Crippen LogP contribution in [0.1, 0.15) is 18.4 Å². The van der Waals surface area contributed by atoms with E-state index >= 15 is 0 Å². The second-order valence-electron chi connectivity index (χ2n) is 4.32. The Bertz CT molecular complexity index is 348. The molecular formula is C10H19N5O2. The lowest BCUT2D eigenvalue weighted by Crippen LogP contribution is -2.44. The molecule has 1 fully saturated rings. The third kappa shape index (κ3) is 2.93. The van der Waals surface area contributed by atoms with Crippen LogP contribution in [0.4, 0.5) is 5.95 Å². The van der Waals surface area contributed by atoms with Crippen molar-refractivity contribution in [1.82, 2.24) is 15.0 Å². The van der Waals surface area contributed by atoms with Crippen molar-refractivity contribution in [3.63, 3.8) is 0 Å². The monoisotopic (exact) mass is 241 g/mol. The third-order valence-corrected chi connectivity index (χ3v) is 2.94. The van der Waals surface area contributed by atoms with Crippen LogP contribution in [0.3, 0.4) is 0 Å². The molecule has 1 atom stereocenters. The predicted molar refractivity (Wildman–Crippen MR) is 62.6 cm³/mol. The molecule has 1 saturated heterocycles. The lowest BCUT2D eigenvalue weighted by molar-refractivity contribution is 0.127. The molecule has 2 rings (SSSR count). The summed E-state index contributed by atoms with van der Waals surface area (Å²) in [5, 5.41) is 13.6. The standard InChI is InChI=1S/C10H19N5O2/c1-14-4-6-15(7-5-14)10-12-9(17-13-10)8(16)2-3-11/h8,16H,2-7,11H2,1H3. The quantitative estimate of drug-likeness (QED) is 0.713. The van der Waals surface area contributed by atoms with Gasteiger partial charge in [0, 0.05) is 26.2 Å². The summed E-state index contributed by atoms with van der Waals surface area (Å²) in [6.45, 7) is 4.11. The largest absolute Gasteiger partial charge is 0.383 e. The molecule has 0 radical (unpaired) electrons. The second-order valence-corrected chi connectivity index (χ2v) is 4.32. The molecule has 1 aliphatic heterocycles. The maximum atomic E-state index is 9.67. The molecule has 1 aromatic heterocycles. The van der Waals surface area contributed by atoms with Gasteiger partial charge >= 0.3 is 0 Å². The zero-order valence-corrected chi connectivity index (χ0v) is 10.0. The van der Waals surface area contributed by atoms with E-state index in [0.717, 1.165) is 26.2 Å². The highest BCUT2D eigenvalue weighted by Crippen LogP contribution is 2.18. The van der Waals surface area contributed by atoms with Crippen LogP contribution >= 0.6 is 0 Å². The SMILES string of the molecule is CN1CCN(c2noc(C(O)CCN)n2)CC1. The Hall–Kier alpha value is -1.18. The van der Waals surface area contributed by atoms with E-state index < -0.39 is 6.10 Å². The van der Waals surface area contributed by atoms with Gasteiger partial charge in [0.25, 0.3) is 11.8 Å². The van der Waals surface area contributed by atoms with Crippen LogP contribution in [0.25, 0.3) is 0 Å². The van der Waals surface area contributed by atoms with E-state index in [9.17, 15) is 5.11 Å². The fraction of sp³-hybridized carbons (Fsp3) is 0.800. The van der Waals surface area contributed by atoms with Crippen molar-refractivity contribution >= 4 is 5.95 Å². The molecule has 0 aromatic carbocycles. The van der Waals surface area contributed by atoms with Gasteiger partial charge in [-0.3, -0.25) is 0 Å². The van der Waals surface area contributed by atoms with E-state index in [4.69, 9.17) is 10.3 Å². The van der Waals surface area contributed by atoms with Crippen LogP contribution in [0.15, 0.2) is 4.52 Å². The second kappa shape index (κ2) is 5.44. The van der Waals surface area contributed by atoms with E-state index in [2.05, 4.69) is 27.0 Å². The van der Waals surface area contributed by atoms with E-state index in [-0.39, 0.29) is 5.89 Å².